The minimum absolute atomic E-state index is 0.0347. The first-order valence-corrected chi connectivity index (χ1v) is 8.40. The molecule has 1 aliphatic rings. The summed E-state index contributed by atoms with van der Waals surface area (Å²) >= 11 is 0. The molecule has 5 nitrogen and oxygen atoms in total. The number of hydrogen-bond acceptors (Lipinski definition) is 3. The number of amides is 1. The van der Waals surface area contributed by atoms with Crippen molar-refractivity contribution in [1.82, 2.24) is 4.72 Å². The topological polar surface area (TPSA) is 75.3 Å². The first-order chi connectivity index (χ1) is 10.4. The van der Waals surface area contributed by atoms with E-state index in [4.69, 9.17) is 0 Å². The van der Waals surface area contributed by atoms with E-state index in [0.29, 0.717) is 6.42 Å². The third-order valence-corrected chi connectivity index (χ3v) is 4.96. The van der Waals surface area contributed by atoms with Gasteiger partial charge in [0.15, 0.2) is 0 Å². The summed E-state index contributed by atoms with van der Waals surface area (Å²) in [5.74, 6) is -0.0347. The van der Waals surface area contributed by atoms with Gasteiger partial charge in [0.25, 0.3) is 0 Å². The molecule has 0 aromatic heterocycles. The number of rotatable bonds is 4. The zero-order chi connectivity index (χ0) is 15.7. The lowest BCUT2D eigenvalue weighted by Gasteiger charge is -2.08. The maximum Gasteiger partial charge on any atom is 0.240 e. The summed E-state index contributed by atoms with van der Waals surface area (Å²) in [4.78, 5) is 11.6. The standard InChI is InChI=1S/C16H16N2O3S/c1-11-3-2-4-14(7-11)22(20,21)17-10-12-5-6-15-13(8-12)9-16(19)18-15/h2-8,17H,9-10H2,1H3,(H,18,19). The van der Waals surface area contributed by atoms with Crippen molar-refractivity contribution >= 4 is 21.6 Å². The lowest BCUT2D eigenvalue weighted by molar-refractivity contribution is -0.115. The molecule has 1 heterocycles. The van der Waals surface area contributed by atoms with Crippen molar-refractivity contribution in [1.29, 1.82) is 0 Å². The maximum absolute atomic E-state index is 12.3. The molecule has 0 saturated heterocycles. The van der Waals surface area contributed by atoms with Gasteiger partial charge in [-0.3, -0.25) is 4.79 Å². The van der Waals surface area contributed by atoms with E-state index in [0.717, 1.165) is 22.4 Å². The highest BCUT2D eigenvalue weighted by atomic mass is 32.2. The second-order valence-electron chi connectivity index (χ2n) is 5.36. The Morgan fingerprint density at radius 2 is 2.00 bits per heavy atom. The van der Waals surface area contributed by atoms with Gasteiger partial charge in [-0.15, -0.1) is 0 Å². The Bertz CT molecular complexity index is 844. The molecule has 2 aromatic carbocycles. The van der Waals surface area contributed by atoms with Crippen LogP contribution in [-0.4, -0.2) is 14.3 Å². The number of carbonyl (C=O) groups excluding carboxylic acids is 1. The SMILES string of the molecule is Cc1cccc(S(=O)(=O)NCc2ccc3c(c2)CC(=O)N3)c1. The molecule has 3 rings (SSSR count). The third kappa shape index (κ3) is 3.03. The molecule has 22 heavy (non-hydrogen) atoms. The number of aryl methyl sites for hydroxylation is 1. The van der Waals surface area contributed by atoms with Crippen LogP contribution in [0.15, 0.2) is 47.4 Å². The van der Waals surface area contributed by atoms with E-state index >= 15 is 0 Å². The molecule has 1 aliphatic heterocycles. The molecule has 0 radical (unpaired) electrons. The molecule has 0 unspecified atom stereocenters. The number of nitrogens with one attached hydrogen (secondary N) is 2. The van der Waals surface area contributed by atoms with E-state index in [-0.39, 0.29) is 17.3 Å². The lowest BCUT2D eigenvalue weighted by atomic mass is 10.1. The number of sulfonamides is 1. The van der Waals surface area contributed by atoms with Gasteiger partial charge >= 0.3 is 0 Å². The van der Waals surface area contributed by atoms with E-state index in [1.165, 1.54) is 0 Å². The van der Waals surface area contributed by atoms with E-state index in [2.05, 4.69) is 10.0 Å². The highest BCUT2D eigenvalue weighted by Gasteiger charge is 2.18. The molecule has 0 atom stereocenters. The Morgan fingerprint density at radius 1 is 1.18 bits per heavy atom. The monoisotopic (exact) mass is 316 g/mol. The van der Waals surface area contributed by atoms with Crippen LogP contribution in [0, 0.1) is 6.92 Å². The van der Waals surface area contributed by atoms with Crippen LogP contribution in [0.25, 0.3) is 0 Å². The zero-order valence-corrected chi connectivity index (χ0v) is 12.9. The minimum Gasteiger partial charge on any atom is -0.326 e. The quantitative estimate of drug-likeness (QED) is 0.905. The summed E-state index contributed by atoms with van der Waals surface area (Å²) in [7, 11) is -3.54. The highest BCUT2D eigenvalue weighted by molar-refractivity contribution is 7.89. The average molecular weight is 316 g/mol. The van der Waals surface area contributed by atoms with Gasteiger partial charge in [-0.25, -0.2) is 13.1 Å². The van der Waals surface area contributed by atoms with Gasteiger partial charge in [-0.2, -0.15) is 0 Å². The first kappa shape index (κ1) is 14.7. The van der Waals surface area contributed by atoms with E-state index in [9.17, 15) is 13.2 Å². The molecule has 0 aliphatic carbocycles. The van der Waals surface area contributed by atoms with Crippen LogP contribution >= 0.6 is 0 Å². The molecule has 0 fully saturated rings. The fourth-order valence-corrected chi connectivity index (χ4v) is 3.56. The first-order valence-electron chi connectivity index (χ1n) is 6.92. The number of benzene rings is 2. The summed E-state index contributed by atoms with van der Waals surface area (Å²) in [6.45, 7) is 2.04. The molecule has 0 bridgehead atoms. The van der Waals surface area contributed by atoms with Crippen molar-refractivity contribution in [2.45, 2.75) is 24.8 Å². The zero-order valence-electron chi connectivity index (χ0n) is 12.1. The van der Waals surface area contributed by atoms with Crippen LogP contribution in [0.2, 0.25) is 0 Å². The van der Waals surface area contributed by atoms with Gasteiger partial charge < -0.3 is 5.32 Å². The summed E-state index contributed by atoms with van der Waals surface area (Å²) in [6, 6.07) is 12.2. The molecule has 2 aromatic rings. The normalized spacial score (nSPS) is 13.8. The van der Waals surface area contributed by atoms with Crippen molar-refractivity contribution in [3.63, 3.8) is 0 Å². The summed E-state index contributed by atoms with van der Waals surface area (Å²) in [6.07, 6.45) is 0.341. The fourth-order valence-electron chi connectivity index (χ4n) is 2.44. The second-order valence-corrected chi connectivity index (χ2v) is 7.12. The van der Waals surface area contributed by atoms with Crippen molar-refractivity contribution < 1.29 is 13.2 Å². The summed E-state index contributed by atoms with van der Waals surface area (Å²) in [5, 5.41) is 2.75. The Labute approximate surface area is 129 Å². The van der Waals surface area contributed by atoms with Crippen LogP contribution in [0.3, 0.4) is 0 Å². The van der Waals surface area contributed by atoms with Crippen LogP contribution in [0.5, 0.6) is 0 Å². The number of hydrogen-bond donors (Lipinski definition) is 2. The molecular formula is C16H16N2O3S. The Balaban J connectivity index is 1.75. The molecule has 0 saturated carbocycles. The van der Waals surface area contributed by atoms with E-state index in [1.807, 2.05) is 25.1 Å². The largest absolute Gasteiger partial charge is 0.326 e. The summed E-state index contributed by atoms with van der Waals surface area (Å²) < 4.78 is 27.1. The van der Waals surface area contributed by atoms with Crippen LogP contribution in [0.1, 0.15) is 16.7 Å². The van der Waals surface area contributed by atoms with Crippen molar-refractivity contribution in [3.8, 4) is 0 Å². The van der Waals surface area contributed by atoms with Crippen molar-refractivity contribution in [3.05, 3.63) is 59.2 Å². The van der Waals surface area contributed by atoms with Crippen molar-refractivity contribution in [2.75, 3.05) is 5.32 Å². The maximum atomic E-state index is 12.3. The van der Waals surface area contributed by atoms with Crippen LogP contribution in [-0.2, 0) is 27.8 Å². The predicted octanol–water partition coefficient (Wildman–Crippen LogP) is 1.97. The lowest BCUT2D eigenvalue weighted by Crippen LogP contribution is -2.23. The molecule has 114 valence electrons. The van der Waals surface area contributed by atoms with E-state index in [1.54, 1.807) is 24.3 Å². The number of anilines is 1. The molecule has 6 heteroatoms. The Kier molecular flexibility index (Phi) is 3.72. The van der Waals surface area contributed by atoms with Gasteiger partial charge in [0.1, 0.15) is 0 Å². The Morgan fingerprint density at radius 3 is 2.77 bits per heavy atom. The highest BCUT2D eigenvalue weighted by Crippen LogP contribution is 2.24. The average Bonchev–Trinajstić information content (AvgIpc) is 2.84. The molecule has 0 spiro atoms. The number of carbonyl (C=O) groups is 1. The van der Waals surface area contributed by atoms with E-state index < -0.39 is 10.0 Å². The van der Waals surface area contributed by atoms with Crippen LogP contribution < -0.4 is 10.0 Å². The Hall–Kier alpha value is -2.18. The molecular weight excluding hydrogens is 300 g/mol. The second kappa shape index (κ2) is 5.55. The smallest absolute Gasteiger partial charge is 0.240 e. The third-order valence-electron chi connectivity index (χ3n) is 3.56. The van der Waals surface area contributed by atoms with Gasteiger partial charge in [0.05, 0.1) is 11.3 Å². The van der Waals surface area contributed by atoms with Crippen LogP contribution in [0.4, 0.5) is 5.69 Å². The van der Waals surface area contributed by atoms with Gasteiger partial charge in [-0.1, -0.05) is 24.3 Å². The van der Waals surface area contributed by atoms with Gasteiger partial charge in [0, 0.05) is 12.2 Å². The molecule has 2 N–H and O–H groups in total. The van der Waals surface area contributed by atoms with Crippen molar-refractivity contribution in [2.24, 2.45) is 0 Å². The minimum atomic E-state index is -3.54. The van der Waals surface area contributed by atoms with Gasteiger partial charge in [-0.05, 0) is 41.8 Å². The fraction of sp³-hybridized carbons (Fsp3) is 0.188. The molecule has 1 amide bonds. The summed E-state index contributed by atoms with van der Waals surface area (Å²) in [5.41, 5.74) is 3.42. The number of fused-ring (bicyclic) bond motifs is 1. The predicted molar refractivity (Wildman–Crippen MR) is 84.0 cm³/mol. The van der Waals surface area contributed by atoms with Gasteiger partial charge in [0.2, 0.25) is 15.9 Å².